The third-order valence-corrected chi connectivity index (χ3v) is 2.83. The molecule has 108 valence electrons. The van der Waals surface area contributed by atoms with E-state index in [0.29, 0.717) is 23.8 Å². The fourth-order valence-electron chi connectivity index (χ4n) is 1.63. The third-order valence-electron chi connectivity index (χ3n) is 2.83. The lowest BCUT2D eigenvalue weighted by Crippen LogP contribution is -2.24. The van der Waals surface area contributed by atoms with Gasteiger partial charge >= 0.3 is 0 Å². The molecule has 0 amide bonds. The third kappa shape index (κ3) is 3.41. The summed E-state index contributed by atoms with van der Waals surface area (Å²) < 4.78 is 1.57. The summed E-state index contributed by atoms with van der Waals surface area (Å²) in [7, 11) is 1.95. The van der Waals surface area contributed by atoms with Gasteiger partial charge in [-0.1, -0.05) is 13.8 Å². The second-order valence-corrected chi connectivity index (χ2v) is 4.96. The molecule has 0 aliphatic rings. The summed E-state index contributed by atoms with van der Waals surface area (Å²) in [6.07, 6.45) is 4.50. The van der Waals surface area contributed by atoms with Gasteiger partial charge in [-0.15, -0.1) is 0 Å². The minimum absolute atomic E-state index is 0.317. The van der Waals surface area contributed by atoms with E-state index in [4.69, 9.17) is 5.84 Å². The molecule has 0 spiro atoms. The van der Waals surface area contributed by atoms with E-state index in [0.717, 1.165) is 13.0 Å². The summed E-state index contributed by atoms with van der Waals surface area (Å²) in [5.74, 6) is 7.35. The summed E-state index contributed by atoms with van der Waals surface area (Å²) >= 11 is 0. The standard InChI is InChI=1S/C12H20N8/c1-9(2)5-8-19(3)11-15-10(18-13)16-12(17-11)20-7-4-6-14-20/h4,6-7,9H,5,8,13H2,1-3H3,(H,15,16,17,18). The Labute approximate surface area is 118 Å². The Morgan fingerprint density at radius 1 is 1.35 bits per heavy atom. The van der Waals surface area contributed by atoms with Crippen LogP contribution in [0.4, 0.5) is 11.9 Å². The molecule has 0 fully saturated rings. The van der Waals surface area contributed by atoms with Crippen molar-refractivity contribution in [2.75, 3.05) is 23.9 Å². The minimum atomic E-state index is 0.317. The summed E-state index contributed by atoms with van der Waals surface area (Å²) in [5, 5.41) is 4.11. The number of nitrogens with zero attached hydrogens (tertiary/aromatic N) is 6. The Morgan fingerprint density at radius 2 is 2.15 bits per heavy atom. The molecule has 2 aromatic rings. The van der Waals surface area contributed by atoms with Crippen molar-refractivity contribution in [3.8, 4) is 5.95 Å². The van der Waals surface area contributed by atoms with Crippen molar-refractivity contribution in [3.05, 3.63) is 18.5 Å². The van der Waals surface area contributed by atoms with Crippen LogP contribution >= 0.6 is 0 Å². The van der Waals surface area contributed by atoms with Crippen LogP contribution in [0, 0.1) is 5.92 Å². The smallest absolute Gasteiger partial charge is 0.257 e. The van der Waals surface area contributed by atoms with Gasteiger partial charge in [0.2, 0.25) is 11.9 Å². The highest BCUT2D eigenvalue weighted by Gasteiger charge is 2.11. The average molecular weight is 276 g/mol. The predicted octanol–water partition coefficient (Wildman–Crippen LogP) is 0.825. The molecule has 3 N–H and O–H groups in total. The Morgan fingerprint density at radius 3 is 2.75 bits per heavy atom. The number of hydrogen-bond donors (Lipinski definition) is 2. The Balaban J connectivity index is 2.26. The lowest BCUT2D eigenvalue weighted by molar-refractivity contribution is 0.581. The number of aromatic nitrogens is 5. The van der Waals surface area contributed by atoms with Crippen LogP contribution in [-0.2, 0) is 0 Å². The van der Waals surface area contributed by atoms with Crippen molar-refractivity contribution in [1.29, 1.82) is 0 Å². The van der Waals surface area contributed by atoms with Crippen LogP contribution in [0.2, 0.25) is 0 Å². The van der Waals surface area contributed by atoms with Crippen LogP contribution < -0.4 is 16.2 Å². The number of rotatable bonds is 6. The van der Waals surface area contributed by atoms with Gasteiger partial charge in [0.25, 0.3) is 5.95 Å². The van der Waals surface area contributed by atoms with E-state index >= 15 is 0 Å². The summed E-state index contributed by atoms with van der Waals surface area (Å²) in [4.78, 5) is 14.8. The fraction of sp³-hybridized carbons (Fsp3) is 0.500. The minimum Gasteiger partial charge on any atom is -0.344 e. The van der Waals surface area contributed by atoms with Gasteiger partial charge in [0.1, 0.15) is 0 Å². The van der Waals surface area contributed by atoms with Gasteiger partial charge in [0.05, 0.1) is 0 Å². The molecule has 2 rings (SSSR count). The lowest BCUT2D eigenvalue weighted by atomic mass is 10.1. The molecule has 0 aliphatic carbocycles. The first kappa shape index (κ1) is 14.2. The first-order valence-corrected chi connectivity index (χ1v) is 6.54. The molecule has 0 aromatic carbocycles. The van der Waals surface area contributed by atoms with Gasteiger partial charge in [0.15, 0.2) is 0 Å². The molecule has 20 heavy (non-hydrogen) atoms. The maximum absolute atomic E-state index is 5.41. The molecule has 0 bridgehead atoms. The number of nitrogens with two attached hydrogens (primary N) is 1. The zero-order chi connectivity index (χ0) is 14.5. The van der Waals surface area contributed by atoms with Crippen molar-refractivity contribution in [2.45, 2.75) is 20.3 Å². The molecule has 0 unspecified atom stereocenters. The van der Waals surface area contributed by atoms with Crippen LogP contribution in [0.3, 0.4) is 0 Å². The molecule has 8 nitrogen and oxygen atoms in total. The van der Waals surface area contributed by atoms with Crippen molar-refractivity contribution in [3.63, 3.8) is 0 Å². The average Bonchev–Trinajstić information content (AvgIpc) is 2.98. The van der Waals surface area contributed by atoms with Gasteiger partial charge in [0, 0.05) is 26.0 Å². The van der Waals surface area contributed by atoms with Gasteiger partial charge in [-0.05, 0) is 18.4 Å². The Kier molecular flexibility index (Phi) is 4.46. The Bertz CT molecular complexity index is 536. The molecule has 0 aliphatic heterocycles. The number of hydrogen-bond acceptors (Lipinski definition) is 7. The quantitative estimate of drug-likeness (QED) is 0.595. The highest BCUT2D eigenvalue weighted by molar-refractivity contribution is 5.38. The summed E-state index contributed by atoms with van der Waals surface area (Å²) in [6, 6.07) is 1.81. The molecule has 0 saturated heterocycles. The molecular weight excluding hydrogens is 256 g/mol. The van der Waals surface area contributed by atoms with Crippen molar-refractivity contribution in [1.82, 2.24) is 24.7 Å². The highest BCUT2D eigenvalue weighted by Crippen LogP contribution is 2.12. The van der Waals surface area contributed by atoms with Crippen LogP contribution in [0.15, 0.2) is 18.5 Å². The maximum atomic E-state index is 5.41. The van der Waals surface area contributed by atoms with Gasteiger partial charge in [-0.3, -0.25) is 5.43 Å². The zero-order valence-corrected chi connectivity index (χ0v) is 12.0. The molecular formula is C12H20N8. The van der Waals surface area contributed by atoms with E-state index in [9.17, 15) is 0 Å². The largest absolute Gasteiger partial charge is 0.344 e. The van der Waals surface area contributed by atoms with Crippen LogP contribution in [0.25, 0.3) is 5.95 Å². The first-order valence-electron chi connectivity index (χ1n) is 6.54. The van der Waals surface area contributed by atoms with E-state index in [1.165, 1.54) is 0 Å². The van der Waals surface area contributed by atoms with Gasteiger partial charge in [-0.2, -0.15) is 20.1 Å². The second-order valence-electron chi connectivity index (χ2n) is 4.96. The fourth-order valence-corrected chi connectivity index (χ4v) is 1.63. The molecule has 0 atom stereocenters. The number of anilines is 2. The van der Waals surface area contributed by atoms with E-state index in [2.05, 4.69) is 39.3 Å². The molecule has 0 radical (unpaired) electrons. The Hall–Kier alpha value is -2.22. The number of hydrazine groups is 1. The zero-order valence-electron chi connectivity index (χ0n) is 12.0. The van der Waals surface area contributed by atoms with E-state index in [1.807, 2.05) is 18.0 Å². The maximum Gasteiger partial charge on any atom is 0.257 e. The van der Waals surface area contributed by atoms with Crippen molar-refractivity contribution >= 4 is 11.9 Å². The predicted molar refractivity (Wildman–Crippen MR) is 77.5 cm³/mol. The van der Waals surface area contributed by atoms with Crippen LogP contribution in [-0.4, -0.2) is 38.3 Å². The molecule has 2 heterocycles. The number of nitrogen functional groups attached to an aromatic ring is 1. The van der Waals surface area contributed by atoms with E-state index in [1.54, 1.807) is 17.1 Å². The molecule has 0 saturated carbocycles. The molecule has 2 aromatic heterocycles. The van der Waals surface area contributed by atoms with E-state index in [-0.39, 0.29) is 0 Å². The monoisotopic (exact) mass is 276 g/mol. The van der Waals surface area contributed by atoms with Gasteiger partial charge in [-0.25, -0.2) is 10.5 Å². The van der Waals surface area contributed by atoms with Crippen molar-refractivity contribution in [2.24, 2.45) is 11.8 Å². The topological polar surface area (TPSA) is 97.8 Å². The highest BCUT2D eigenvalue weighted by atomic mass is 15.4. The molecule has 8 heteroatoms. The van der Waals surface area contributed by atoms with Crippen LogP contribution in [0.5, 0.6) is 0 Å². The second kappa shape index (κ2) is 6.29. The first-order chi connectivity index (χ1) is 9.60. The van der Waals surface area contributed by atoms with Gasteiger partial charge < -0.3 is 4.90 Å². The normalized spacial score (nSPS) is 10.8. The van der Waals surface area contributed by atoms with Crippen molar-refractivity contribution < 1.29 is 0 Å². The summed E-state index contributed by atoms with van der Waals surface area (Å²) in [5.41, 5.74) is 2.46. The van der Waals surface area contributed by atoms with E-state index < -0.39 is 0 Å². The summed E-state index contributed by atoms with van der Waals surface area (Å²) in [6.45, 7) is 5.23. The van der Waals surface area contributed by atoms with Crippen LogP contribution in [0.1, 0.15) is 20.3 Å². The number of nitrogens with one attached hydrogen (secondary N) is 1. The lowest BCUT2D eigenvalue weighted by Gasteiger charge is -2.19. The SMILES string of the molecule is CC(C)CCN(C)c1nc(NN)nc(-n2cccn2)n1.